The van der Waals surface area contributed by atoms with E-state index in [2.05, 4.69) is 4.98 Å². The number of thiazole rings is 1. The number of carbonyl (C=O) groups is 1. The number of nitrogens with zero attached hydrogens (tertiary/aromatic N) is 1. The van der Waals surface area contributed by atoms with Crippen LogP contribution in [-0.4, -0.2) is 10.8 Å². The van der Waals surface area contributed by atoms with E-state index in [0.29, 0.717) is 22.7 Å². The second kappa shape index (κ2) is 4.71. The van der Waals surface area contributed by atoms with Crippen LogP contribution in [0.2, 0.25) is 0 Å². The van der Waals surface area contributed by atoms with Crippen LogP contribution in [0.15, 0.2) is 23.6 Å². The van der Waals surface area contributed by atoms with Gasteiger partial charge in [-0.15, -0.1) is 11.3 Å². The van der Waals surface area contributed by atoms with Crippen molar-refractivity contribution in [1.82, 2.24) is 4.98 Å². The Bertz CT molecular complexity index is 545. The van der Waals surface area contributed by atoms with Crippen LogP contribution in [0.5, 0.6) is 0 Å². The van der Waals surface area contributed by atoms with Crippen molar-refractivity contribution in [2.45, 2.75) is 13.3 Å². The number of Topliss-reactive ketones (excluding diaryl/α,β-unsaturated/α-hetero) is 1. The SMILES string of the molecule is CC(=O)c1csc(Cc2cc(F)cc(F)c2)n1. The predicted molar refractivity (Wildman–Crippen MR) is 61.3 cm³/mol. The highest BCUT2D eigenvalue weighted by molar-refractivity contribution is 7.09. The Labute approximate surface area is 101 Å². The smallest absolute Gasteiger partial charge is 0.178 e. The van der Waals surface area contributed by atoms with Crippen molar-refractivity contribution in [1.29, 1.82) is 0 Å². The fourth-order valence-electron chi connectivity index (χ4n) is 1.44. The van der Waals surface area contributed by atoms with Gasteiger partial charge >= 0.3 is 0 Å². The highest BCUT2D eigenvalue weighted by atomic mass is 32.1. The van der Waals surface area contributed by atoms with Gasteiger partial charge in [-0.1, -0.05) is 0 Å². The molecule has 5 heteroatoms. The fourth-order valence-corrected chi connectivity index (χ4v) is 2.31. The second-order valence-electron chi connectivity index (χ2n) is 3.64. The second-order valence-corrected chi connectivity index (χ2v) is 4.58. The number of halogens is 2. The summed E-state index contributed by atoms with van der Waals surface area (Å²) in [6.07, 6.45) is 0.326. The average Bonchev–Trinajstić information content (AvgIpc) is 2.64. The summed E-state index contributed by atoms with van der Waals surface area (Å²) < 4.78 is 25.9. The van der Waals surface area contributed by atoms with Gasteiger partial charge in [0, 0.05) is 24.8 Å². The fraction of sp³-hybridized carbons (Fsp3) is 0.167. The van der Waals surface area contributed by atoms with Crippen LogP contribution in [0.4, 0.5) is 8.78 Å². The Morgan fingerprint density at radius 1 is 1.29 bits per heavy atom. The van der Waals surface area contributed by atoms with E-state index < -0.39 is 11.6 Å². The molecule has 2 rings (SSSR count). The largest absolute Gasteiger partial charge is 0.293 e. The molecule has 0 saturated carbocycles. The molecule has 0 aliphatic heterocycles. The van der Waals surface area contributed by atoms with Crippen molar-refractivity contribution in [3.8, 4) is 0 Å². The minimum Gasteiger partial charge on any atom is -0.293 e. The van der Waals surface area contributed by atoms with Gasteiger partial charge in [0.2, 0.25) is 0 Å². The summed E-state index contributed by atoms with van der Waals surface area (Å²) in [5.74, 6) is -1.33. The number of ketones is 1. The van der Waals surface area contributed by atoms with E-state index in [4.69, 9.17) is 0 Å². The lowest BCUT2D eigenvalue weighted by atomic mass is 10.1. The molecule has 17 heavy (non-hydrogen) atoms. The first-order valence-electron chi connectivity index (χ1n) is 4.95. The Hall–Kier alpha value is -1.62. The quantitative estimate of drug-likeness (QED) is 0.786. The number of rotatable bonds is 3. The Morgan fingerprint density at radius 3 is 2.47 bits per heavy atom. The predicted octanol–water partition coefficient (Wildman–Crippen LogP) is 3.21. The molecule has 2 nitrogen and oxygen atoms in total. The molecule has 0 fully saturated rings. The molecule has 0 aliphatic carbocycles. The van der Waals surface area contributed by atoms with Gasteiger partial charge in [-0.05, 0) is 17.7 Å². The molecule has 0 N–H and O–H groups in total. The summed E-state index contributed by atoms with van der Waals surface area (Å²) in [7, 11) is 0. The molecule has 0 spiro atoms. The Morgan fingerprint density at radius 2 is 1.94 bits per heavy atom. The minimum absolute atomic E-state index is 0.113. The molecule has 2 aromatic rings. The molecule has 1 aromatic heterocycles. The van der Waals surface area contributed by atoms with E-state index in [9.17, 15) is 13.6 Å². The zero-order chi connectivity index (χ0) is 12.4. The molecular formula is C12H9F2NOS. The summed E-state index contributed by atoms with van der Waals surface area (Å²) in [5.41, 5.74) is 0.897. The van der Waals surface area contributed by atoms with Gasteiger partial charge in [0.1, 0.15) is 17.3 Å². The van der Waals surface area contributed by atoms with E-state index >= 15 is 0 Å². The van der Waals surface area contributed by atoms with Crippen LogP contribution in [0, 0.1) is 11.6 Å². The number of carbonyl (C=O) groups excluding carboxylic acids is 1. The van der Waals surface area contributed by atoms with Crippen LogP contribution in [0.25, 0.3) is 0 Å². The monoisotopic (exact) mass is 253 g/mol. The highest BCUT2D eigenvalue weighted by Gasteiger charge is 2.08. The van der Waals surface area contributed by atoms with E-state index in [1.807, 2.05) is 0 Å². The van der Waals surface area contributed by atoms with Gasteiger partial charge in [-0.3, -0.25) is 4.79 Å². The van der Waals surface area contributed by atoms with Crippen LogP contribution in [0.1, 0.15) is 28.0 Å². The Balaban J connectivity index is 2.22. The van der Waals surface area contributed by atoms with Gasteiger partial charge in [0.05, 0.1) is 5.01 Å². The molecule has 0 saturated heterocycles. The molecule has 88 valence electrons. The third-order valence-electron chi connectivity index (χ3n) is 2.19. The summed E-state index contributed by atoms with van der Waals surface area (Å²) in [5, 5.41) is 2.31. The molecule has 0 atom stereocenters. The maximum absolute atomic E-state index is 13.0. The summed E-state index contributed by atoms with van der Waals surface area (Å²) in [6, 6.07) is 3.35. The van der Waals surface area contributed by atoms with Gasteiger partial charge in [-0.25, -0.2) is 13.8 Å². The molecule has 0 amide bonds. The number of hydrogen-bond acceptors (Lipinski definition) is 3. The van der Waals surface area contributed by atoms with E-state index in [0.717, 1.165) is 6.07 Å². The van der Waals surface area contributed by atoms with Gasteiger partial charge in [0.25, 0.3) is 0 Å². The van der Waals surface area contributed by atoms with E-state index in [1.54, 1.807) is 5.38 Å². The molecule has 1 aromatic carbocycles. The normalized spacial score (nSPS) is 10.5. The van der Waals surface area contributed by atoms with Crippen molar-refractivity contribution >= 4 is 17.1 Å². The van der Waals surface area contributed by atoms with Gasteiger partial charge in [0.15, 0.2) is 5.78 Å². The van der Waals surface area contributed by atoms with Crippen molar-refractivity contribution in [3.63, 3.8) is 0 Å². The van der Waals surface area contributed by atoms with Crippen LogP contribution in [0.3, 0.4) is 0 Å². The van der Waals surface area contributed by atoms with Crippen LogP contribution in [-0.2, 0) is 6.42 Å². The lowest BCUT2D eigenvalue weighted by molar-refractivity contribution is 0.101. The topological polar surface area (TPSA) is 30.0 Å². The van der Waals surface area contributed by atoms with E-state index in [-0.39, 0.29) is 5.78 Å². The Kier molecular flexibility index (Phi) is 3.28. The molecule has 0 unspecified atom stereocenters. The zero-order valence-electron chi connectivity index (χ0n) is 9.04. The maximum Gasteiger partial charge on any atom is 0.178 e. The zero-order valence-corrected chi connectivity index (χ0v) is 9.85. The first kappa shape index (κ1) is 11.9. The third kappa shape index (κ3) is 2.94. The third-order valence-corrected chi connectivity index (χ3v) is 3.04. The first-order chi connectivity index (χ1) is 8.04. The summed E-state index contributed by atoms with van der Waals surface area (Å²) >= 11 is 1.31. The van der Waals surface area contributed by atoms with Gasteiger partial charge in [-0.2, -0.15) is 0 Å². The molecular weight excluding hydrogens is 244 g/mol. The molecule has 0 radical (unpaired) electrons. The molecule has 0 aliphatic rings. The highest BCUT2D eigenvalue weighted by Crippen LogP contribution is 2.17. The van der Waals surface area contributed by atoms with E-state index in [1.165, 1.54) is 30.4 Å². The van der Waals surface area contributed by atoms with Crippen molar-refractivity contribution in [3.05, 3.63) is 51.5 Å². The number of aromatic nitrogens is 1. The molecule has 0 bridgehead atoms. The maximum atomic E-state index is 13.0. The average molecular weight is 253 g/mol. The lowest BCUT2D eigenvalue weighted by Crippen LogP contribution is -1.94. The summed E-state index contributed by atoms with van der Waals surface area (Å²) in [4.78, 5) is 15.1. The number of hydrogen-bond donors (Lipinski definition) is 0. The minimum atomic E-state index is -0.608. The van der Waals surface area contributed by atoms with Crippen molar-refractivity contribution in [2.75, 3.05) is 0 Å². The standard InChI is InChI=1S/C12H9F2NOS/c1-7(16)11-6-17-12(15-11)4-8-2-9(13)5-10(14)3-8/h2-3,5-6H,4H2,1H3. The van der Waals surface area contributed by atoms with Crippen molar-refractivity contribution in [2.24, 2.45) is 0 Å². The molecule has 1 heterocycles. The summed E-state index contributed by atoms with van der Waals surface area (Å²) in [6.45, 7) is 1.43. The van der Waals surface area contributed by atoms with Gasteiger partial charge < -0.3 is 0 Å². The van der Waals surface area contributed by atoms with Crippen molar-refractivity contribution < 1.29 is 13.6 Å². The van der Waals surface area contributed by atoms with Crippen LogP contribution < -0.4 is 0 Å². The lowest BCUT2D eigenvalue weighted by Gasteiger charge is -1.99. The van der Waals surface area contributed by atoms with Crippen LogP contribution >= 0.6 is 11.3 Å². The number of benzene rings is 1. The first-order valence-corrected chi connectivity index (χ1v) is 5.83.